The van der Waals surface area contributed by atoms with Crippen LogP contribution in [0.3, 0.4) is 0 Å². The molecule has 2 heterocycles. The van der Waals surface area contributed by atoms with E-state index in [-0.39, 0.29) is 0 Å². The molecule has 0 saturated carbocycles. The fraction of sp³-hybridized carbons (Fsp3) is 0.483. The highest BCUT2D eigenvalue weighted by Crippen LogP contribution is 2.40. The summed E-state index contributed by atoms with van der Waals surface area (Å²) in [7, 11) is 0. The molecule has 0 bridgehead atoms. The second-order valence-corrected chi connectivity index (χ2v) is 10.5. The zero-order valence-corrected chi connectivity index (χ0v) is 23.6. The van der Waals surface area contributed by atoms with Crippen molar-refractivity contribution in [2.45, 2.75) is 82.8 Å². The van der Waals surface area contributed by atoms with Gasteiger partial charge in [-0.05, 0) is 59.6 Å². The molecule has 2 aromatic rings. The Morgan fingerprint density at radius 3 is 2.26 bits per heavy atom. The van der Waals surface area contributed by atoms with Gasteiger partial charge in [0.1, 0.15) is 11.9 Å². The number of halogens is 1. The lowest BCUT2D eigenvalue weighted by atomic mass is 9.89. The zero-order valence-electron chi connectivity index (χ0n) is 22.0. The minimum atomic E-state index is -1.07. The second-order valence-electron chi connectivity index (χ2n) is 9.58. The molecule has 4 rings (SSSR count). The summed E-state index contributed by atoms with van der Waals surface area (Å²) in [6.45, 7) is 6.63. The van der Waals surface area contributed by atoms with E-state index in [0.717, 1.165) is 42.7 Å². The van der Waals surface area contributed by atoms with Crippen LogP contribution in [0.2, 0.25) is 0 Å². The molecule has 8 nitrogen and oxygen atoms in total. The number of benzene rings is 2. The number of esters is 3. The second kappa shape index (κ2) is 12.3. The molecule has 0 aromatic heterocycles. The molecule has 204 valence electrons. The molecule has 38 heavy (non-hydrogen) atoms. The van der Waals surface area contributed by atoms with Crippen LogP contribution in [0.15, 0.2) is 36.4 Å². The third-order valence-electron chi connectivity index (χ3n) is 6.69. The highest BCUT2D eigenvalue weighted by atomic mass is 79.9. The normalized spacial score (nSPS) is 24.5. The predicted octanol–water partition coefficient (Wildman–Crippen LogP) is 4.75. The first-order chi connectivity index (χ1) is 18.2. The van der Waals surface area contributed by atoms with Gasteiger partial charge in [0, 0.05) is 20.8 Å². The van der Waals surface area contributed by atoms with E-state index in [4.69, 9.17) is 23.7 Å². The summed E-state index contributed by atoms with van der Waals surface area (Å²) >= 11 is 3.44. The Kier molecular flexibility index (Phi) is 9.10. The molecule has 0 spiro atoms. The minimum absolute atomic E-state index is 0.572. The van der Waals surface area contributed by atoms with Crippen LogP contribution in [-0.2, 0) is 52.6 Å². The number of rotatable bonds is 7. The molecule has 0 N–H and O–H groups in total. The average Bonchev–Trinajstić information content (AvgIpc) is 2.87. The van der Waals surface area contributed by atoms with Gasteiger partial charge in [-0.25, -0.2) is 0 Å². The SMILES string of the molecule is CCc1ccc([C@@H]2OC(Br)[C@@H](OC(C)=O)[C@H](OC(C)=O)[C@H]2OC(C)=O)cc1Cc1ccc2c(c1)CCCO2. The monoisotopic (exact) mass is 588 g/mol. The Balaban J connectivity index is 1.70. The number of hydrogen-bond donors (Lipinski definition) is 0. The van der Waals surface area contributed by atoms with Crippen LogP contribution in [-0.4, -0.2) is 47.8 Å². The van der Waals surface area contributed by atoms with Gasteiger partial charge in [0.2, 0.25) is 0 Å². The van der Waals surface area contributed by atoms with Gasteiger partial charge in [-0.2, -0.15) is 0 Å². The highest BCUT2D eigenvalue weighted by molar-refractivity contribution is 9.09. The lowest BCUT2D eigenvalue weighted by Gasteiger charge is -2.43. The number of alkyl halides is 1. The van der Waals surface area contributed by atoms with Crippen molar-refractivity contribution in [1.29, 1.82) is 0 Å². The first-order valence-electron chi connectivity index (χ1n) is 12.8. The summed E-state index contributed by atoms with van der Waals surface area (Å²) in [6.07, 6.45) is -0.338. The van der Waals surface area contributed by atoms with Crippen molar-refractivity contribution in [3.63, 3.8) is 0 Å². The molecule has 0 amide bonds. The average molecular weight is 589 g/mol. The molecular weight excluding hydrogens is 556 g/mol. The van der Waals surface area contributed by atoms with Gasteiger partial charge >= 0.3 is 17.9 Å². The van der Waals surface area contributed by atoms with Gasteiger partial charge in [-0.15, -0.1) is 0 Å². The Bertz CT molecular complexity index is 1200. The van der Waals surface area contributed by atoms with Crippen molar-refractivity contribution >= 4 is 33.8 Å². The van der Waals surface area contributed by atoms with E-state index in [1.165, 1.54) is 37.5 Å². The summed E-state index contributed by atoms with van der Waals surface area (Å²) in [4.78, 5) is 35.9. The van der Waals surface area contributed by atoms with E-state index in [9.17, 15) is 14.4 Å². The van der Waals surface area contributed by atoms with Gasteiger partial charge in [-0.1, -0.05) is 53.2 Å². The largest absolute Gasteiger partial charge is 0.493 e. The number of ether oxygens (including phenoxy) is 5. The third kappa shape index (κ3) is 6.56. The van der Waals surface area contributed by atoms with Crippen molar-refractivity contribution in [3.05, 3.63) is 64.2 Å². The maximum atomic E-state index is 12.1. The van der Waals surface area contributed by atoms with Crippen LogP contribution in [0.5, 0.6) is 5.75 Å². The van der Waals surface area contributed by atoms with E-state index in [1.807, 2.05) is 24.3 Å². The van der Waals surface area contributed by atoms with E-state index in [1.54, 1.807) is 0 Å². The molecule has 2 aliphatic rings. The maximum Gasteiger partial charge on any atom is 0.303 e. The number of hydrogen-bond acceptors (Lipinski definition) is 8. The fourth-order valence-electron chi connectivity index (χ4n) is 5.11. The van der Waals surface area contributed by atoms with Crippen molar-refractivity contribution in [2.75, 3.05) is 6.61 Å². The van der Waals surface area contributed by atoms with Crippen LogP contribution in [0.4, 0.5) is 0 Å². The van der Waals surface area contributed by atoms with Crippen LogP contribution < -0.4 is 4.74 Å². The molecule has 5 atom stereocenters. The van der Waals surface area contributed by atoms with Gasteiger partial charge < -0.3 is 23.7 Å². The number of fused-ring (bicyclic) bond motifs is 1. The standard InChI is InChI=1S/C29H33BrO8/c1-5-20-9-10-22(15-23(20)14-19-8-11-24-21(13-19)7-6-12-34-24)25-26(35-16(2)31)27(36-17(3)32)28(29(30)38-25)37-18(4)33/h8-11,13,15,25-29H,5-7,12,14H2,1-4H3/t25-,26-,27+,28-,29?/m0/s1. The lowest BCUT2D eigenvalue weighted by molar-refractivity contribution is -0.232. The minimum Gasteiger partial charge on any atom is -0.493 e. The Hall–Kier alpha value is -2.91. The van der Waals surface area contributed by atoms with Gasteiger partial charge in [-0.3, -0.25) is 14.4 Å². The topological polar surface area (TPSA) is 97.4 Å². The Morgan fingerprint density at radius 1 is 0.895 bits per heavy atom. The maximum absolute atomic E-state index is 12.1. The van der Waals surface area contributed by atoms with Crippen LogP contribution in [0.25, 0.3) is 0 Å². The van der Waals surface area contributed by atoms with E-state index in [0.29, 0.717) is 6.42 Å². The molecule has 1 saturated heterocycles. The van der Waals surface area contributed by atoms with Crippen molar-refractivity contribution in [2.24, 2.45) is 0 Å². The molecule has 1 fully saturated rings. The Labute approximate surface area is 231 Å². The summed E-state index contributed by atoms with van der Waals surface area (Å²) in [6, 6.07) is 12.4. The third-order valence-corrected chi connectivity index (χ3v) is 7.43. The predicted molar refractivity (Wildman–Crippen MR) is 142 cm³/mol. The van der Waals surface area contributed by atoms with Crippen molar-refractivity contribution in [1.82, 2.24) is 0 Å². The van der Waals surface area contributed by atoms with E-state index >= 15 is 0 Å². The highest BCUT2D eigenvalue weighted by Gasteiger charge is 2.51. The molecule has 1 unspecified atom stereocenters. The molecule has 0 aliphatic carbocycles. The summed E-state index contributed by atoms with van der Waals surface area (Å²) in [5.41, 5.74) is 5.45. The van der Waals surface area contributed by atoms with E-state index < -0.39 is 47.3 Å². The Morgan fingerprint density at radius 2 is 1.58 bits per heavy atom. The first-order valence-corrected chi connectivity index (χ1v) is 13.7. The number of carbonyl (C=O) groups excluding carboxylic acids is 3. The fourth-order valence-corrected chi connectivity index (χ4v) is 5.75. The quantitative estimate of drug-likeness (QED) is 0.259. The summed E-state index contributed by atoms with van der Waals surface area (Å²) < 4.78 is 28.6. The van der Waals surface area contributed by atoms with Crippen LogP contribution >= 0.6 is 15.9 Å². The van der Waals surface area contributed by atoms with Crippen LogP contribution in [0.1, 0.15) is 68.0 Å². The van der Waals surface area contributed by atoms with Crippen LogP contribution in [0, 0.1) is 0 Å². The summed E-state index contributed by atoms with van der Waals surface area (Å²) in [5.74, 6) is -0.795. The van der Waals surface area contributed by atoms with E-state index in [2.05, 4.69) is 35.0 Å². The van der Waals surface area contributed by atoms with Crippen molar-refractivity contribution < 1.29 is 38.1 Å². The molecule has 0 radical (unpaired) electrons. The number of aryl methyl sites for hydroxylation is 2. The zero-order chi connectivity index (χ0) is 27.4. The molecule has 2 aliphatic heterocycles. The first kappa shape index (κ1) is 28.1. The van der Waals surface area contributed by atoms with Gasteiger partial charge in [0.05, 0.1) is 6.61 Å². The lowest BCUT2D eigenvalue weighted by Crippen LogP contribution is -2.56. The molecule has 9 heteroatoms. The molecular formula is C29H33BrO8. The smallest absolute Gasteiger partial charge is 0.303 e. The van der Waals surface area contributed by atoms with Crippen molar-refractivity contribution in [3.8, 4) is 5.75 Å². The summed E-state index contributed by atoms with van der Waals surface area (Å²) in [5, 5.41) is -0.803. The number of carbonyl (C=O) groups is 3. The molecule has 2 aromatic carbocycles. The van der Waals surface area contributed by atoms with Gasteiger partial charge in [0.15, 0.2) is 23.3 Å². The van der Waals surface area contributed by atoms with Gasteiger partial charge in [0.25, 0.3) is 0 Å².